The highest BCUT2D eigenvalue weighted by atomic mass is 35.5. The van der Waals surface area contributed by atoms with Gasteiger partial charge in [0.2, 0.25) is 10.0 Å². The molecular weight excluding hydrogens is 336 g/mol. The minimum absolute atomic E-state index is 0.000613. The Morgan fingerprint density at radius 1 is 1.29 bits per heavy atom. The molecule has 0 heterocycles. The lowest BCUT2D eigenvalue weighted by molar-refractivity contribution is 0.391. The summed E-state index contributed by atoms with van der Waals surface area (Å²) in [4.78, 5) is 0. The lowest BCUT2D eigenvalue weighted by Gasteiger charge is -2.22. The van der Waals surface area contributed by atoms with Gasteiger partial charge in [-0.3, -0.25) is 0 Å². The summed E-state index contributed by atoms with van der Waals surface area (Å²) < 4.78 is 40.1. The number of unbranched alkanes of at least 4 members (excludes halogenated alkanes) is 1. The second-order valence-corrected chi connectivity index (χ2v) is 8.01. The topological polar surface area (TPSA) is 37.4 Å². The molecule has 0 N–H and O–H groups in total. The molecule has 0 radical (unpaired) electrons. The van der Waals surface area contributed by atoms with Gasteiger partial charge in [-0.15, -0.1) is 11.6 Å². The molecule has 0 amide bonds. The van der Waals surface area contributed by atoms with Gasteiger partial charge in [-0.1, -0.05) is 17.7 Å². The van der Waals surface area contributed by atoms with E-state index in [1.165, 1.54) is 16.4 Å². The highest BCUT2D eigenvalue weighted by Crippen LogP contribution is 2.33. The maximum absolute atomic E-state index is 13.9. The predicted molar refractivity (Wildman–Crippen MR) is 83.7 cm³/mol. The van der Waals surface area contributed by atoms with Crippen LogP contribution in [-0.2, 0) is 16.6 Å². The van der Waals surface area contributed by atoms with E-state index in [0.29, 0.717) is 18.7 Å². The van der Waals surface area contributed by atoms with Crippen molar-refractivity contribution in [1.29, 1.82) is 0 Å². The highest BCUT2D eigenvalue weighted by Gasteiger charge is 2.37. The van der Waals surface area contributed by atoms with Crippen molar-refractivity contribution in [2.45, 2.75) is 38.3 Å². The first-order chi connectivity index (χ1) is 9.95. The van der Waals surface area contributed by atoms with Crippen LogP contribution in [0, 0.1) is 5.82 Å². The number of nitrogens with zero attached hydrogens (tertiary/aromatic N) is 1. The van der Waals surface area contributed by atoms with E-state index in [9.17, 15) is 12.8 Å². The fraction of sp³-hybridized carbons (Fsp3) is 0.571. The maximum atomic E-state index is 13.9. The summed E-state index contributed by atoms with van der Waals surface area (Å²) in [7, 11) is -3.41. The van der Waals surface area contributed by atoms with Crippen LogP contribution in [0.2, 0.25) is 5.02 Å². The molecule has 0 unspecified atom stereocenters. The summed E-state index contributed by atoms with van der Waals surface area (Å²) in [6.07, 6.45) is 2.81. The minimum atomic E-state index is -3.41. The number of hydrogen-bond donors (Lipinski definition) is 0. The molecule has 21 heavy (non-hydrogen) atoms. The first kappa shape index (κ1) is 17.0. The zero-order valence-electron chi connectivity index (χ0n) is 11.6. The summed E-state index contributed by atoms with van der Waals surface area (Å²) in [5.41, 5.74) is 0.243. The number of hydrogen-bond acceptors (Lipinski definition) is 2. The number of benzene rings is 1. The van der Waals surface area contributed by atoms with E-state index >= 15 is 0 Å². The second kappa shape index (κ2) is 7.27. The Bertz CT molecular complexity index is 570. The van der Waals surface area contributed by atoms with Crippen LogP contribution in [0.3, 0.4) is 0 Å². The first-order valence-electron chi connectivity index (χ1n) is 6.94. The molecule has 1 fully saturated rings. The Morgan fingerprint density at radius 2 is 2.00 bits per heavy atom. The second-order valence-electron chi connectivity index (χ2n) is 5.19. The molecule has 0 atom stereocenters. The molecule has 0 aromatic heterocycles. The van der Waals surface area contributed by atoms with Crippen molar-refractivity contribution in [3.8, 4) is 0 Å². The van der Waals surface area contributed by atoms with E-state index in [1.54, 1.807) is 6.07 Å². The van der Waals surface area contributed by atoms with Crippen LogP contribution in [0.5, 0.6) is 0 Å². The molecular formula is C14H18Cl2FNO2S. The van der Waals surface area contributed by atoms with Crippen molar-refractivity contribution in [1.82, 2.24) is 4.31 Å². The van der Waals surface area contributed by atoms with Gasteiger partial charge in [0.1, 0.15) is 5.82 Å². The molecule has 0 spiro atoms. The summed E-state index contributed by atoms with van der Waals surface area (Å²) in [6.45, 7) is -0.000613. The number of sulfonamides is 1. The fourth-order valence-electron chi connectivity index (χ4n) is 2.15. The smallest absolute Gasteiger partial charge is 0.212 e. The van der Waals surface area contributed by atoms with E-state index in [2.05, 4.69) is 0 Å². The summed E-state index contributed by atoms with van der Waals surface area (Å²) >= 11 is 11.6. The van der Waals surface area contributed by atoms with E-state index in [0.717, 1.165) is 12.8 Å². The Balaban J connectivity index is 2.16. The van der Waals surface area contributed by atoms with Crippen molar-refractivity contribution < 1.29 is 12.8 Å². The van der Waals surface area contributed by atoms with Crippen LogP contribution in [-0.4, -0.2) is 30.4 Å². The average molecular weight is 354 g/mol. The zero-order valence-corrected chi connectivity index (χ0v) is 13.9. The molecule has 7 heteroatoms. The maximum Gasteiger partial charge on any atom is 0.214 e. The summed E-state index contributed by atoms with van der Waals surface area (Å²) in [5, 5.41) is 0.261. The lowest BCUT2D eigenvalue weighted by Crippen LogP contribution is -2.35. The Morgan fingerprint density at radius 3 is 2.57 bits per heavy atom. The van der Waals surface area contributed by atoms with Crippen LogP contribution >= 0.6 is 23.2 Å². The molecule has 2 rings (SSSR count). The van der Waals surface area contributed by atoms with Gasteiger partial charge in [0.05, 0.1) is 5.75 Å². The molecule has 1 aromatic carbocycles. The molecule has 1 aliphatic carbocycles. The molecule has 1 aliphatic rings. The molecule has 3 nitrogen and oxygen atoms in total. The highest BCUT2D eigenvalue weighted by molar-refractivity contribution is 7.89. The third kappa shape index (κ3) is 4.55. The summed E-state index contributed by atoms with van der Waals surface area (Å²) in [5.74, 6) is 0.0181. The molecule has 1 saturated carbocycles. The van der Waals surface area contributed by atoms with Gasteiger partial charge in [0, 0.05) is 29.1 Å². The number of halogens is 3. The molecule has 1 aromatic rings. The Hall–Kier alpha value is -0.360. The van der Waals surface area contributed by atoms with E-state index in [1.807, 2.05) is 0 Å². The van der Waals surface area contributed by atoms with Crippen LogP contribution in [0.15, 0.2) is 18.2 Å². The Labute approximate surface area is 135 Å². The standard InChI is InChI=1S/C14H18Cl2FNO2S/c15-8-1-2-9-21(19,20)18(11-6-7-11)10-12-13(16)4-3-5-14(12)17/h3-5,11H,1-2,6-10H2. The van der Waals surface area contributed by atoms with Crippen molar-refractivity contribution in [3.63, 3.8) is 0 Å². The van der Waals surface area contributed by atoms with Crippen LogP contribution < -0.4 is 0 Å². The van der Waals surface area contributed by atoms with Gasteiger partial charge in [-0.2, -0.15) is 4.31 Å². The Kier molecular flexibility index (Phi) is 5.88. The third-order valence-electron chi connectivity index (χ3n) is 3.47. The SMILES string of the molecule is O=S(=O)(CCCCCl)N(Cc1c(F)cccc1Cl)C1CC1. The van der Waals surface area contributed by atoms with Gasteiger partial charge in [-0.05, 0) is 37.8 Å². The van der Waals surface area contributed by atoms with Gasteiger partial charge in [-0.25, -0.2) is 12.8 Å². The van der Waals surface area contributed by atoms with E-state index in [-0.39, 0.29) is 28.9 Å². The largest absolute Gasteiger partial charge is 0.214 e. The third-order valence-corrected chi connectivity index (χ3v) is 6.04. The van der Waals surface area contributed by atoms with Crippen molar-refractivity contribution in [2.75, 3.05) is 11.6 Å². The molecule has 0 aliphatic heterocycles. The lowest BCUT2D eigenvalue weighted by atomic mass is 10.2. The van der Waals surface area contributed by atoms with Gasteiger partial charge >= 0.3 is 0 Å². The number of rotatable bonds is 8. The molecule has 0 bridgehead atoms. The number of alkyl halides is 1. The predicted octanol–water partition coefficient (Wildman–Crippen LogP) is 3.79. The van der Waals surface area contributed by atoms with Gasteiger partial charge < -0.3 is 0 Å². The van der Waals surface area contributed by atoms with Gasteiger partial charge in [0.25, 0.3) is 0 Å². The minimum Gasteiger partial charge on any atom is -0.212 e. The van der Waals surface area contributed by atoms with Gasteiger partial charge in [0.15, 0.2) is 0 Å². The molecule has 0 saturated heterocycles. The quantitative estimate of drug-likeness (QED) is 0.526. The molecule has 118 valence electrons. The van der Waals surface area contributed by atoms with Crippen molar-refractivity contribution in [3.05, 3.63) is 34.6 Å². The van der Waals surface area contributed by atoms with Crippen LogP contribution in [0.4, 0.5) is 4.39 Å². The first-order valence-corrected chi connectivity index (χ1v) is 9.46. The van der Waals surface area contributed by atoms with Crippen molar-refractivity contribution in [2.24, 2.45) is 0 Å². The van der Waals surface area contributed by atoms with E-state index in [4.69, 9.17) is 23.2 Å². The fourth-order valence-corrected chi connectivity index (χ4v) is 4.36. The van der Waals surface area contributed by atoms with Crippen molar-refractivity contribution >= 4 is 33.2 Å². The normalized spacial score (nSPS) is 15.6. The van der Waals surface area contributed by atoms with Crippen LogP contribution in [0.1, 0.15) is 31.2 Å². The summed E-state index contributed by atoms with van der Waals surface area (Å²) in [6, 6.07) is 4.36. The monoisotopic (exact) mass is 353 g/mol. The average Bonchev–Trinajstić information content (AvgIpc) is 3.22. The van der Waals surface area contributed by atoms with Crippen LogP contribution in [0.25, 0.3) is 0 Å². The zero-order chi connectivity index (χ0) is 15.5. The van der Waals surface area contributed by atoms with E-state index < -0.39 is 15.8 Å².